The predicted octanol–water partition coefficient (Wildman–Crippen LogP) is 13.3. The van der Waals surface area contributed by atoms with Crippen LogP contribution in [0, 0.1) is 0 Å². The average Bonchev–Trinajstić information content (AvgIpc) is 3.21. The van der Waals surface area contributed by atoms with Crippen molar-refractivity contribution in [3.63, 3.8) is 0 Å². The number of nitrogens with zero attached hydrogens (tertiary/aromatic N) is 2. The summed E-state index contributed by atoms with van der Waals surface area (Å²) in [5.74, 6) is 2.83. The SMILES string of the molecule is Oc1cccc(Oc2ccc(N(c3ccccc3)c3ccc(-c4ccc(N(c5ccccc5)c5ccc(Oc6cccc(O)c6)cc5)cc4)cc3)cc2)c1. The molecule has 0 amide bonds. The first-order valence-corrected chi connectivity index (χ1v) is 17.6. The molecule has 0 bridgehead atoms. The average molecular weight is 705 g/mol. The van der Waals surface area contributed by atoms with Gasteiger partial charge in [0.1, 0.15) is 34.5 Å². The second-order valence-electron chi connectivity index (χ2n) is 12.6. The van der Waals surface area contributed by atoms with Crippen LogP contribution in [0.5, 0.6) is 34.5 Å². The van der Waals surface area contributed by atoms with Gasteiger partial charge in [-0.25, -0.2) is 0 Å². The van der Waals surface area contributed by atoms with Gasteiger partial charge >= 0.3 is 0 Å². The van der Waals surface area contributed by atoms with Crippen molar-refractivity contribution in [1.82, 2.24) is 0 Å². The van der Waals surface area contributed by atoms with Gasteiger partial charge in [0, 0.05) is 46.3 Å². The first kappa shape index (κ1) is 33.7. The lowest BCUT2D eigenvalue weighted by Gasteiger charge is -2.26. The van der Waals surface area contributed by atoms with Crippen LogP contribution in [-0.2, 0) is 0 Å². The number of anilines is 6. The minimum Gasteiger partial charge on any atom is -0.508 e. The minimum atomic E-state index is 0.161. The number of benzene rings is 8. The molecule has 8 aromatic rings. The van der Waals surface area contributed by atoms with E-state index in [1.165, 1.54) is 0 Å². The van der Waals surface area contributed by atoms with Crippen LogP contribution in [-0.4, -0.2) is 10.2 Å². The van der Waals surface area contributed by atoms with Gasteiger partial charge in [-0.3, -0.25) is 0 Å². The summed E-state index contributed by atoms with van der Waals surface area (Å²) in [7, 11) is 0. The summed E-state index contributed by atoms with van der Waals surface area (Å²) in [6.45, 7) is 0. The fourth-order valence-electron chi connectivity index (χ4n) is 6.35. The van der Waals surface area contributed by atoms with E-state index in [4.69, 9.17) is 9.47 Å². The maximum atomic E-state index is 9.82. The maximum absolute atomic E-state index is 9.82. The van der Waals surface area contributed by atoms with Crippen molar-refractivity contribution in [2.45, 2.75) is 0 Å². The molecule has 0 aliphatic carbocycles. The Morgan fingerprint density at radius 1 is 0.278 bits per heavy atom. The van der Waals surface area contributed by atoms with Gasteiger partial charge in [0.05, 0.1) is 0 Å². The molecule has 0 spiro atoms. The molecule has 0 atom stereocenters. The molecule has 0 heterocycles. The Morgan fingerprint density at radius 2 is 0.593 bits per heavy atom. The lowest BCUT2D eigenvalue weighted by molar-refractivity contribution is 0.454. The fraction of sp³-hybridized carbons (Fsp3) is 0. The molecule has 0 aromatic heterocycles. The van der Waals surface area contributed by atoms with Crippen molar-refractivity contribution in [3.8, 4) is 45.6 Å². The summed E-state index contributed by atoms with van der Waals surface area (Å²) in [5, 5.41) is 19.6. The Balaban J connectivity index is 1.04. The quantitative estimate of drug-likeness (QED) is 0.140. The third-order valence-corrected chi connectivity index (χ3v) is 8.91. The molecule has 2 N–H and O–H groups in total. The van der Waals surface area contributed by atoms with Crippen molar-refractivity contribution in [2.75, 3.05) is 9.80 Å². The Morgan fingerprint density at radius 3 is 0.926 bits per heavy atom. The van der Waals surface area contributed by atoms with E-state index in [1.807, 2.05) is 97.1 Å². The van der Waals surface area contributed by atoms with E-state index in [1.54, 1.807) is 36.4 Å². The molecule has 262 valence electrons. The highest BCUT2D eigenvalue weighted by Crippen LogP contribution is 2.39. The smallest absolute Gasteiger partial charge is 0.131 e. The van der Waals surface area contributed by atoms with E-state index in [9.17, 15) is 10.2 Å². The molecular weight excluding hydrogens is 669 g/mol. The third kappa shape index (κ3) is 7.73. The Bertz CT molecular complexity index is 2260. The largest absolute Gasteiger partial charge is 0.508 e. The number of aromatic hydroxyl groups is 2. The van der Waals surface area contributed by atoms with Gasteiger partial charge < -0.3 is 29.5 Å². The summed E-state index contributed by atoms with van der Waals surface area (Å²) >= 11 is 0. The van der Waals surface area contributed by atoms with Crippen LogP contribution in [0.15, 0.2) is 206 Å². The lowest BCUT2D eigenvalue weighted by atomic mass is 10.0. The highest BCUT2D eigenvalue weighted by molar-refractivity contribution is 5.81. The van der Waals surface area contributed by atoms with Crippen molar-refractivity contribution >= 4 is 34.1 Å². The van der Waals surface area contributed by atoms with Crippen LogP contribution in [0.1, 0.15) is 0 Å². The monoisotopic (exact) mass is 704 g/mol. The predicted molar refractivity (Wildman–Crippen MR) is 218 cm³/mol. The van der Waals surface area contributed by atoms with E-state index in [0.29, 0.717) is 23.0 Å². The van der Waals surface area contributed by atoms with Gasteiger partial charge in [0.25, 0.3) is 0 Å². The lowest BCUT2D eigenvalue weighted by Crippen LogP contribution is -2.10. The highest BCUT2D eigenvalue weighted by Gasteiger charge is 2.15. The van der Waals surface area contributed by atoms with Gasteiger partial charge in [-0.1, -0.05) is 72.8 Å². The van der Waals surface area contributed by atoms with Crippen molar-refractivity contribution in [1.29, 1.82) is 0 Å². The first-order valence-electron chi connectivity index (χ1n) is 17.6. The molecule has 0 aliphatic heterocycles. The zero-order chi connectivity index (χ0) is 36.7. The molecule has 0 unspecified atom stereocenters. The van der Waals surface area contributed by atoms with Crippen molar-refractivity contribution < 1.29 is 19.7 Å². The van der Waals surface area contributed by atoms with Gasteiger partial charge in [0.15, 0.2) is 0 Å². The van der Waals surface area contributed by atoms with Crippen molar-refractivity contribution in [3.05, 3.63) is 206 Å². The number of para-hydroxylation sites is 2. The highest BCUT2D eigenvalue weighted by atomic mass is 16.5. The van der Waals surface area contributed by atoms with Gasteiger partial charge in [-0.2, -0.15) is 0 Å². The number of rotatable bonds is 11. The van der Waals surface area contributed by atoms with E-state index in [-0.39, 0.29) is 11.5 Å². The van der Waals surface area contributed by atoms with Crippen LogP contribution in [0.4, 0.5) is 34.1 Å². The molecule has 0 aliphatic rings. The molecule has 8 aromatic carbocycles. The van der Waals surface area contributed by atoms with E-state index < -0.39 is 0 Å². The van der Waals surface area contributed by atoms with Crippen LogP contribution in [0.3, 0.4) is 0 Å². The Kier molecular flexibility index (Phi) is 9.63. The summed E-state index contributed by atoms with van der Waals surface area (Å²) < 4.78 is 12.0. The van der Waals surface area contributed by atoms with E-state index in [2.05, 4.69) is 82.6 Å². The topological polar surface area (TPSA) is 65.4 Å². The summed E-state index contributed by atoms with van der Waals surface area (Å²) in [5.41, 5.74) is 8.31. The van der Waals surface area contributed by atoms with Crippen molar-refractivity contribution in [2.24, 2.45) is 0 Å². The zero-order valence-corrected chi connectivity index (χ0v) is 29.2. The standard InChI is InChI=1S/C48H36N2O4/c51-43-13-7-15-47(33-43)53-45-29-25-41(26-30-45)49(37-9-3-1-4-10-37)39-21-17-35(18-22-39)36-19-23-40(24-20-36)50(38-11-5-2-6-12-38)42-27-31-46(32-28-42)54-48-16-8-14-44(52)34-48/h1-34,51-52H. The van der Waals surface area contributed by atoms with Crippen LogP contribution < -0.4 is 19.3 Å². The maximum Gasteiger partial charge on any atom is 0.131 e. The Labute approximate surface area is 314 Å². The van der Waals surface area contributed by atoms with E-state index >= 15 is 0 Å². The van der Waals surface area contributed by atoms with Crippen LogP contribution >= 0.6 is 0 Å². The second kappa shape index (κ2) is 15.4. The molecular formula is C48H36N2O4. The number of phenolic OH excluding ortho intramolecular Hbond substituents is 2. The summed E-state index contributed by atoms with van der Waals surface area (Å²) in [4.78, 5) is 4.42. The molecule has 6 heteroatoms. The zero-order valence-electron chi connectivity index (χ0n) is 29.2. The molecule has 6 nitrogen and oxygen atoms in total. The second-order valence-corrected chi connectivity index (χ2v) is 12.6. The first-order chi connectivity index (χ1) is 26.6. The molecule has 0 fully saturated rings. The minimum absolute atomic E-state index is 0.161. The number of hydrogen-bond acceptors (Lipinski definition) is 6. The third-order valence-electron chi connectivity index (χ3n) is 8.91. The molecule has 54 heavy (non-hydrogen) atoms. The number of phenols is 2. The normalized spacial score (nSPS) is 10.7. The molecule has 8 rings (SSSR count). The number of ether oxygens (including phenoxy) is 2. The summed E-state index contributed by atoms with van der Waals surface area (Å²) in [6.07, 6.45) is 0. The van der Waals surface area contributed by atoms with Gasteiger partial charge in [-0.15, -0.1) is 0 Å². The molecule has 0 saturated carbocycles. The van der Waals surface area contributed by atoms with E-state index in [0.717, 1.165) is 45.3 Å². The molecule has 0 saturated heterocycles. The van der Waals surface area contributed by atoms with Crippen LogP contribution in [0.2, 0.25) is 0 Å². The van der Waals surface area contributed by atoms with Gasteiger partial charge in [0.2, 0.25) is 0 Å². The Hall–Kier alpha value is -7.44. The van der Waals surface area contributed by atoms with Crippen LogP contribution in [0.25, 0.3) is 11.1 Å². The summed E-state index contributed by atoms with van der Waals surface area (Å²) in [6, 6.07) is 67.2. The molecule has 0 radical (unpaired) electrons. The van der Waals surface area contributed by atoms with Gasteiger partial charge in [-0.05, 0) is 132 Å². The number of hydrogen-bond donors (Lipinski definition) is 2. The fourth-order valence-corrected chi connectivity index (χ4v) is 6.35.